The molecule has 0 saturated heterocycles. The Balaban J connectivity index is 1.76. The van der Waals surface area contributed by atoms with Gasteiger partial charge in [0.2, 0.25) is 5.91 Å². The Bertz CT molecular complexity index is 749. The molecule has 2 aromatic rings. The van der Waals surface area contributed by atoms with E-state index in [9.17, 15) is 14.7 Å². The van der Waals surface area contributed by atoms with Gasteiger partial charge >= 0.3 is 5.97 Å². The van der Waals surface area contributed by atoms with Crippen molar-refractivity contribution in [1.29, 1.82) is 0 Å². The summed E-state index contributed by atoms with van der Waals surface area (Å²) in [5, 5.41) is 12.5. The Kier molecular flexibility index (Phi) is 7.48. The highest BCUT2D eigenvalue weighted by molar-refractivity contribution is 6.30. The number of benzene rings is 2. The molecule has 1 atom stereocenters. The molecule has 5 nitrogen and oxygen atoms in total. The Morgan fingerprint density at radius 2 is 1.92 bits per heavy atom. The van der Waals surface area contributed by atoms with E-state index in [1.54, 1.807) is 12.1 Å². The third-order valence-electron chi connectivity index (χ3n) is 3.86. The van der Waals surface area contributed by atoms with E-state index in [1.807, 2.05) is 43.3 Å². The van der Waals surface area contributed by atoms with Crippen molar-refractivity contribution in [3.05, 3.63) is 64.7 Å². The average molecular weight is 376 g/mol. The number of carbonyl (C=O) groups excluding carboxylic acids is 1. The number of carbonyl (C=O) groups is 2. The molecule has 0 aliphatic rings. The zero-order valence-corrected chi connectivity index (χ0v) is 15.3. The largest absolute Gasteiger partial charge is 0.493 e. The minimum atomic E-state index is -1.05. The maximum Gasteiger partial charge on any atom is 0.326 e. The minimum absolute atomic E-state index is 0.200. The molecule has 0 aliphatic heterocycles. The highest BCUT2D eigenvalue weighted by Gasteiger charge is 2.20. The summed E-state index contributed by atoms with van der Waals surface area (Å²) in [7, 11) is 0. The molecule has 1 unspecified atom stereocenters. The van der Waals surface area contributed by atoms with Crippen LogP contribution in [-0.2, 0) is 16.0 Å². The number of halogens is 1. The Hall–Kier alpha value is -2.53. The third-order valence-corrected chi connectivity index (χ3v) is 4.09. The maximum atomic E-state index is 12.0. The van der Waals surface area contributed by atoms with E-state index in [-0.39, 0.29) is 18.7 Å². The Morgan fingerprint density at radius 1 is 1.19 bits per heavy atom. The number of rotatable bonds is 9. The fourth-order valence-corrected chi connectivity index (χ4v) is 2.73. The van der Waals surface area contributed by atoms with E-state index in [2.05, 4.69) is 5.32 Å². The van der Waals surface area contributed by atoms with E-state index >= 15 is 0 Å². The number of nitrogens with one attached hydrogen (secondary N) is 1. The van der Waals surface area contributed by atoms with Gasteiger partial charge in [0.05, 0.1) is 6.61 Å². The third kappa shape index (κ3) is 6.41. The lowest BCUT2D eigenvalue weighted by atomic mass is 10.1. The van der Waals surface area contributed by atoms with Crippen LogP contribution in [0.2, 0.25) is 5.02 Å². The van der Waals surface area contributed by atoms with Gasteiger partial charge in [-0.25, -0.2) is 4.79 Å². The predicted molar refractivity (Wildman–Crippen MR) is 101 cm³/mol. The van der Waals surface area contributed by atoms with Crippen molar-refractivity contribution in [2.75, 3.05) is 6.61 Å². The van der Waals surface area contributed by atoms with Crippen LogP contribution >= 0.6 is 11.6 Å². The lowest BCUT2D eigenvalue weighted by Crippen LogP contribution is -2.42. The van der Waals surface area contributed by atoms with Gasteiger partial charge in [0.25, 0.3) is 0 Å². The van der Waals surface area contributed by atoms with Gasteiger partial charge in [-0.1, -0.05) is 41.9 Å². The lowest BCUT2D eigenvalue weighted by molar-refractivity contribution is -0.141. The summed E-state index contributed by atoms with van der Waals surface area (Å²) >= 11 is 5.90. The summed E-state index contributed by atoms with van der Waals surface area (Å²) in [5.74, 6) is -0.623. The number of hydrogen-bond acceptors (Lipinski definition) is 3. The van der Waals surface area contributed by atoms with E-state index in [0.29, 0.717) is 18.1 Å². The first-order valence-corrected chi connectivity index (χ1v) is 8.78. The predicted octanol–water partition coefficient (Wildman–Crippen LogP) is 3.62. The monoisotopic (exact) mass is 375 g/mol. The number of aliphatic carboxylic acids is 1. The van der Waals surface area contributed by atoms with Crippen LogP contribution in [0, 0.1) is 6.92 Å². The second kappa shape index (κ2) is 9.82. The van der Waals surface area contributed by atoms with Crippen molar-refractivity contribution >= 4 is 23.5 Å². The van der Waals surface area contributed by atoms with Crippen LogP contribution in [0.5, 0.6) is 5.75 Å². The molecule has 0 bridgehead atoms. The molecule has 138 valence electrons. The first-order chi connectivity index (χ1) is 12.5. The average Bonchev–Trinajstić information content (AvgIpc) is 2.60. The molecule has 26 heavy (non-hydrogen) atoms. The summed E-state index contributed by atoms with van der Waals surface area (Å²) in [4.78, 5) is 23.4. The zero-order chi connectivity index (χ0) is 18.9. The van der Waals surface area contributed by atoms with Crippen LogP contribution in [0.25, 0.3) is 0 Å². The van der Waals surface area contributed by atoms with Crippen molar-refractivity contribution in [3.8, 4) is 5.75 Å². The van der Waals surface area contributed by atoms with Gasteiger partial charge in [-0.2, -0.15) is 0 Å². The number of carboxylic acids is 1. The summed E-state index contributed by atoms with van der Waals surface area (Å²) in [6.07, 6.45) is 0.944. The van der Waals surface area contributed by atoms with Gasteiger partial charge in [0.15, 0.2) is 0 Å². The summed E-state index contributed by atoms with van der Waals surface area (Å²) in [6.45, 7) is 2.27. The molecule has 2 rings (SSSR count). The minimum Gasteiger partial charge on any atom is -0.493 e. The van der Waals surface area contributed by atoms with Crippen LogP contribution in [-0.4, -0.2) is 29.6 Å². The number of ether oxygens (including phenoxy) is 1. The van der Waals surface area contributed by atoms with Crippen molar-refractivity contribution in [3.63, 3.8) is 0 Å². The van der Waals surface area contributed by atoms with Crippen LogP contribution in [0.1, 0.15) is 24.0 Å². The van der Waals surface area contributed by atoms with Gasteiger partial charge in [-0.05, 0) is 42.7 Å². The van der Waals surface area contributed by atoms with E-state index in [4.69, 9.17) is 16.3 Å². The van der Waals surface area contributed by atoms with Crippen LogP contribution in [0.15, 0.2) is 48.5 Å². The van der Waals surface area contributed by atoms with Crippen molar-refractivity contribution in [2.45, 2.75) is 32.2 Å². The quantitative estimate of drug-likeness (QED) is 0.656. The number of amides is 1. The first kappa shape index (κ1) is 19.8. The van der Waals surface area contributed by atoms with E-state index in [0.717, 1.165) is 16.9 Å². The highest BCUT2D eigenvalue weighted by atomic mass is 35.5. The standard InChI is InChI=1S/C20H22ClNO4/c1-14-12-16(21)9-10-18(14)26-11-5-8-19(23)22-17(20(24)25)13-15-6-3-2-4-7-15/h2-4,6-7,9-10,12,17H,5,8,11,13H2,1H3,(H,22,23)(H,24,25). The second-order valence-corrected chi connectivity index (χ2v) is 6.45. The molecular formula is C20H22ClNO4. The number of carboxylic acid groups (broad SMARTS) is 1. The lowest BCUT2D eigenvalue weighted by Gasteiger charge is -2.15. The molecule has 2 aromatic carbocycles. The van der Waals surface area contributed by atoms with Crippen LogP contribution in [0.3, 0.4) is 0 Å². The summed E-state index contributed by atoms with van der Waals surface area (Å²) in [5.41, 5.74) is 1.79. The van der Waals surface area contributed by atoms with Crippen molar-refractivity contribution < 1.29 is 19.4 Å². The smallest absolute Gasteiger partial charge is 0.326 e. The van der Waals surface area contributed by atoms with Gasteiger partial charge < -0.3 is 15.2 Å². The zero-order valence-electron chi connectivity index (χ0n) is 14.6. The molecule has 0 spiro atoms. The Labute approximate surface area is 157 Å². The fourth-order valence-electron chi connectivity index (χ4n) is 2.51. The van der Waals surface area contributed by atoms with Crippen molar-refractivity contribution in [1.82, 2.24) is 5.32 Å². The van der Waals surface area contributed by atoms with Crippen LogP contribution in [0.4, 0.5) is 0 Å². The van der Waals surface area contributed by atoms with Gasteiger partial charge in [0.1, 0.15) is 11.8 Å². The van der Waals surface area contributed by atoms with Gasteiger partial charge in [-0.3, -0.25) is 4.79 Å². The summed E-state index contributed by atoms with van der Waals surface area (Å²) in [6, 6.07) is 13.6. The molecule has 0 aliphatic carbocycles. The fraction of sp³-hybridized carbons (Fsp3) is 0.300. The normalized spacial score (nSPS) is 11.6. The molecule has 0 aromatic heterocycles. The summed E-state index contributed by atoms with van der Waals surface area (Å²) < 4.78 is 5.64. The SMILES string of the molecule is Cc1cc(Cl)ccc1OCCCC(=O)NC(Cc1ccccc1)C(=O)O. The molecule has 2 N–H and O–H groups in total. The maximum absolute atomic E-state index is 12.0. The number of aryl methyl sites for hydroxylation is 1. The van der Waals surface area contributed by atoms with Gasteiger partial charge in [0, 0.05) is 17.9 Å². The molecule has 1 amide bonds. The molecule has 0 saturated carbocycles. The van der Waals surface area contributed by atoms with Gasteiger partial charge in [-0.15, -0.1) is 0 Å². The number of hydrogen-bond donors (Lipinski definition) is 2. The molecule has 0 radical (unpaired) electrons. The Morgan fingerprint density at radius 3 is 2.58 bits per heavy atom. The molecular weight excluding hydrogens is 354 g/mol. The van der Waals surface area contributed by atoms with E-state index < -0.39 is 12.0 Å². The van der Waals surface area contributed by atoms with Crippen molar-refractivity contribution in [2.24, 2.45) is 0 Å². The first-order valence-electron chi connectivity index (χ1n) is 8.41. The highest BCUT2D eigenvalue weighted by Crippen LogP contribution is 2.21. The van der Waals surface area contributed by atoms with E-state index in [1.165, 1.54) is 0 Å². The molecule has 6 heteroatoms. The molecule has 0 fully saturated rings. The second-order valence-electron chi connectivity index (χ2n) is 6.01. The topological polar surface area (TPSA) is 75.6 Å². The molecule has 0 heterocycles. The van der Waals surface area contributed by atoms with Crippen LogP contribution < -0.4 is 10.1 Å².